The maximum atomic E-state index is 12.1. The Hall–Kier alpha value is -3.46. The zero-order valence-corrected chi connectivity index (χ0v) is 21.0. The van der Waals surface area contributed by atoms with Crippen molar-refractivity contribution >= 4 is 24.0 Å². The standard InChI is InChI=1S/C27H35N5O4/c1-3-31(2)18-29-26(32(19-33)17-20-8-11-27(12-9-20)13-14-27)30-21-4-6-22(7-5-21)36-23-10-15-28-24(16-23)25(34)35/h4-7,10,15-16,19-20H,3,8-9,11-14,17-18H2,1-2H3,(H,29,30)(H,34,35). The number of aromatic nitrogens is 1. The molecule has 4 rings (SSSR count). The van der Waals surface area contributed by atoms with Crippen LogP contribution in [0, 0.1) is 11.3 Å². The van der Waals surface area contributed by atoms with Gasteiger partial charge in [-0.3, -0.25) is 14.6 Å². The monoisotopic (exact) mass is 493 g/mol. The third kappa shape index (κ3) is 6.81. The second-order valence-electron chi connectivity index (χ2n) is 9.93. The first-order chi connectivity index (χ1) is 17.4. The van der Waals surface area contributed by atoms with Crippen LogP contribution < -0.4 is 10.1 Å². The molecule has 2 aliphatic rings. The average Bonchev–Trinajstić information content (AvgIpc) is 3.66. The molecular weight excluding hydrogens is 458 g/mol. The molecule has 2 N–H and O–H groups in total. The number of nitrogens with zero attached hydrogens (tertiary/aromatic N) is 4. The van der Waals surface area contributed by atoms with E-state index in [9.17, 15) is 9.59 Å². The highest BCUT2D eigenvalue weighted by Crippen LogP contribution is 2.57. The van der Waals surface area contributed by atoms with E-state index in [4.69, 9.17) is 14.8 Å². The van der Waals surface area contributed by atoms with Crippen molar-refractivity contribution in [3.63, 3.8) is 0 Å². The van der Waals surface area contributed by atoms with Gasteiger partial charge in [-0.1, -0.05) is 6.92 Å². The summed E-state index contributed by atoms with van der Waals surface area (Å²) in [5.41, 5.74) is 1.31. The lowest BCUT2D eigenvalue weighted by molar-refractivity contribution is -0.115. The van der Waals surface area contributed by atoms with E-state index in [-0.39, 0.29) is 5.69 Å². The fraction of sp³-hybridized carbons (Fsp3) is 0.481. The molecule has 2 aliphatic carbocycles. The highest BCUT2D eigenvalue weighted by Gasteiger charge is 2.44. The van der Waals surface area contributed by atoms with Gasteiger partial charge in [0, 0.05) is 24.5 Å². The minimum atomic E-state index is -1.11. The summed E-state index contributed by atoms with van der Waals surface area (Å²) in [6, 6.07) is 10.2. The van der Waals surface area contributed by atoms with Gasteiger partial charge < -0.3 is 15.2 Å². The Labute approximate surface area is 212 Å². The van der Waals surface area contributed by atoms with Crippen molar-refractivity contribution in [2.45, 2.75) is 45.4 Å². The topological polar surface area (TPSA) is 107 Å². The predicted molar refractivity (Wildman–Crippen MR) is 138 cm³/mol. The summed E-state index contributed by atoms with van der Waals surface area (Å²) in [5, 5.41) is 12.4. The lowest BCUT2D eigenvalue weighted by atomic mass is 9.79. The Kier molecular flexibility index (Phi) is 8.20. The average molecular weight is 494 g/mol. The van der Waals surface area contributed by atoms with E-state index in [1.807, 2.05) is 19.2 Å². The van der Waals surface area contributed by atoms with Crippen molar-refractivity contribution in [2.75, 3.05) is 32.1 Å². The summed E-state index contributed by atoms with van der Waals surface area (Å²) in [6.45, 7) is 4.06. The number of aliphatic imine (C=N–C) groups is 1. The maximum absolute atomic E-state index is 12.1. The van der Waals surface area contributed by atoms with E-state index >= 15 is 0 Å². The molecule has 0 radical (unpaired) electrons. The van der Waals surface area contributed by atoms with E-state index < -0.39 is 5.97 Å². The van der Waals surface area contributed by atoms with Gasteiger partial charge in [-0.25, -0.2) is 14.8 Å². The number of amides is 1. The Bertz CT molecular complexity index is 1070. The SMILES string of the molecule is CCN(C)C/N=C(/Nc1ccc(Oc2ccnc(C(=O)O)c2)cc1)N(C=O)CC1CCC2(CC1)CC2. The number of rotatable bonds is 10. The quantitative estimate of drug-likeness (QED) is 0.281. The van der Waals surface area contributed by atoms with Crippen LogP contribution in [-0.2, 0) is 4.79 Å². The van der Waals surface area contributed by atoms with Crippen LogP contribution in [0.3, 0.4) is 0 Å². The molecule has 2 aromatic rings. The molecule has 9 heteroatoms. The highest BCUT2D eigenvalue weighted by molar-refractivity contribution is 5.99. The maximum Gasteiger partial charge on any atom is 0.354 e. The van der Waals surface area contributed by atoms with E-state index in [1.54, 1.807) is 23.1 Å². The first-order valence-corrected chi connectivity index (χ1v) is 12.6. The number of nitrogens with one attached hydrogen (secondary N) is 1. The van der Waals surface area contributed by atoms with Crippen LogP contribution >= 0.6 is 0 Å². The molecule has 0 saturated heterocycles. The van der Waals surface area contributed by atoms with Crippen molar-refractivity contribution in [1.82, 2.24) is 14.8 Å². The Morgan fingerprint density at radius 3 is 2.53 bits per heavy atom. The van der Waals surface area contributed by atoms with Crippen LogP contribution in [0.4, 0.5) is 5.69 Å². The largest absolute Gasteiger partial charge is 0.477 e. The molecule has 36 heavy (non-hydrogen) atoms. The summed E-state index contributed by atoms with van der Waals surface area (Å²) in [6.07, 6.45) is 9.89. The lowest BCUT2D eigenvalue weighted by Gasteiger charge is -2.32. The van der Waals surface area contributed by atoms with E-state index in [1.165, 1.54) is 37.9 Å². The van der Waals surface area contributed by atoms with Crippen molar-refractivity contribution in [3.05, 3.63) is 48.3 Å². The van der Waals surface area contributed by atoms with Crippen molar-refractivity contribution < 1.29 is 19.4 Å². The fourth-order valence-corrected chi connectivity index (χ4v) is 4.56. The van der Waals surface area contributed by atoms with Crippen LogP contribution in [0.1, 0.15) is 55.9 Å². The summed E-state index contributed by atoms with van der Waals surface area (Å²) >= 11 is 0. The molecule has 1 heterocycles. The third-order valence-corrected chi connectivity index (χ3v) is 7.28. The van der Waals surface area contributed by atoms with Crippen LogP contribution in [0.2, 0.25) is 0 Å². The fourth-order valence-electron chi connectivity index (χ4n) is 4.56. The minimum Gasteiger partial charge on any atom is -0.477 e. The Morgan fingerprint density at radius 1 is 1.19 bits per heavy atom. The Balaban J connectivity index is 1.43. The second kappa shape index (κ2) is 11.5. The molecule has 1 amide bonds. The van der Waals surface area contributed by atoms with Crippen LogP contribution in [0.5, 0.6) is 11.5 Å². The van der Waals surface area contributed by atoms with Gasteiger partial charge >= 0.3 is 5.97 Å². The van der Waals surface area contributed by atoms with E-state index in [0.717, 1.165) is 31.5 Å². The molecule has 0 unspecified atom stereocenters. The van der Waals surface area contributed by atoms with Gasteiger partial charge in [-0.2, -0.15) is 0 Å². The molecule has 192 valence electrons. The van der Waals surface area contributed by atoms with E-state index in [0.29, 0.717) is 42.0 Å². The molecule has 9 nitrogen and oxygen atoms in total. The summed E-state index contributed by atoms with van der Waals surface area (Å²) in [4.78, 5) is 35.5. The first-order valence-electron chi connectivity index (χ1n) is 12.6. The smallest absolute Gasteiger partial charge is 0.354 e. The molecule has 1 spiro atoms. The van der Waals surface area contributed by atoms with Crippen molar-refractivity contribution in [2.24, 2.45) is 16.3 Å². The minimum absolute atomic E-state index is 0.0806. The summed E-state index contributed by atoms with van der Waals surface area (Å²) < 4.78 is 5.78. The summed E-state index contributed by atoms with van der Waals surface area (Å²) in [7, 11) is 1.99. The number of carbonyl (C=O) groups is 2. The first kappa shape index (κ1) is 25.6. The molecule has 2 fully saturated rings. The van der Waals surface area contributed by atoms with E-state index in [2.05, 4.69) is 22.1 Å². The number of hydrogen-bond acceptors (Lipinski definition) is 6. The molecule has 0 atom stereocenters. The van der Waals surface area contributed by atoms with Gasteiger partial charge in [-0.15, -0.1) is 0 Å². The van der Waals surface area contributed by atoms with Gasteiger partial charge in [0.15, 0.2) is 5.69 Å². The number of anilines is 1. The number of carbonyl (C=O) groups excluding carboxylic acids is 1. The number of benzene rings is 1. The van der Waals surface area contributed by atoms with Gasteiger partial charge in [0.25, 0.3) is 0 Å². The summed E-state index contributed by atoms with van der Waals surface area (Å²) in [5.74, 6) is 0.854. The molecule has 0 bridgehead atoms. The molecule has 1 aromatic heterocycles. The van der Waals surface area contributed by atoms with Gasteiger partial charge in [0.05, 0.1) is 6.67 Å². The zero-order valence-electron chi connectivity index (χ0n) is 21.0. The number of aromatic carboxylic acids is 1. The third-order valence-electron chi connectivity index (χ3n) is 7.28. The molecule has 1 aromatic carbocycles. The normalized spacial score (nSPS) is 17.1. The van der Waals surface area contributed by atoms with Gasteiger partial charge in [-0.05, 0) is 93.8 Å². The van der Waals surface area contributed by atoms with Crippen LogP contribution in [0.15, 0.2) is 47.6 Å². The number of guanidine groups is 1. The van der Waals surface area contributed by atoms with Crippen LogP contribution in [0.25, 0.3) is 0 Å². The molecule has 2 saturated carbocycles. The number of ether oxygens (including phenoxy) is 1. The number of hydrogen-bond donors (Lipinski definition) is 2. The molecular formula is C27H35N5O4. The Morgan fingerprint density at radius 2 is 1.92 bits per heavy atom. The number of carboxylic acid groups (broad SMARTS) is 1. The van der Waals surface area contributed by atoms with Crippen molar-refractivity contribution in [1.29, 1.82) is 0 Å². The second-order valence-corrected chi connectivity index (χ2v) is 9.93. The molecule has 0 aliphatic heterocycles. The van der Waals surface area contributed by atoms with Crippen molar-refractivity contribution in [3.8, 4) is 11.5 Å². The zero-order chi connectivity index (χ0) is 25.5. The number of pyridine rings is 1. The number of carboxylic acids is 1. The predicted octanol–water partition coefficient (Wildman–Crippen LogP) is 4.68. The van der Waals surface area contributed by atoms with Gasteiger partial charge in [0.1, 0.15) is 11.5 Å². The highest BCUT2D eigenvalue weighted by atomic mass is 16.5. The van der Waals surface area contributed by atoms with Crippen LogP contribution in [-0.4, -0.2) is 65.0 Å². The van der Waals surface area contributed by atoms with Gasteiger partial charge in [0.2, 0.25) is 12.4 Å². The lowest BCUT2D eigenvalue weighted by Crippen LogP contribution is -2.40.